The van der Waals surface area contributed by atoms with Crippen molar-refractivity contribution in [2.24, 2.45) is 0 Å². The van der Waals surface area contributed by atoms with Gasteiger partial charge in [-0.25, -0.2) is 4.79 Å². The average Bonchev–Trinajstić information content (AvgIpc) is 2.04. The van der Waals surface area contributed by atoms with Crippen LogP contribution in [0.1, 0.15) is 20.8 Å². The molecule has 0 aromatic carbocycles. The van der Waals surface area contributed by atoms with Gasteiger partial charge in [0.25, 0.3) is 0 Å². The molecule has 1 heterocycles. The van der Waals surface area contributed by atoms with Crippen LogP contribution < -0.4 is 0 Å². The molecule has 4 heteroatoms. The van der Waals surface area contributed by atoms with E-state index in [1.165, 1.54) is 6.26 Å². The first-order valence-corrected chi connectivity index (χ1v) is 4.04. The number of allylic oxidation sites excluding steroid dienone is 2. The molecular formula is C9H12O4. The summed E-state index contributed by atoms with van der Waals surface area (Å²) >= 11 is 0. The maximum absolute atomic E-state index is 11.2. The van der Waals surface area contributed by atoms with Gasteiger partial charge in [-0.2, -0.15) is 0 Å². The van der Waals surface area contributed by atoms with Crippen LogP contribution in [0.15, 0.2) is 23.5 Å². The van der Waals surface area contributed by atoms with E-state index in [0.29, 0.717) is 18.1 Å². The minimum absolute atomic E-state index is 0.118. The molecule has 0 spiro atoms. The van der Waals surface area contributed by atoms with Crippen LogP contribution in [0.25, 0.3) is 0 Å². The smallest absolute Gasteiger partial charge is 0.377 e. The molecule has 0 aromatic rings. The minimum atomic E-state index is -0.497. The van der Waals surface area contributed by atoms with Crippen LogP contribution in [0.5, 0.6) is 0 Å². The van der Waals surface area contributed by atoms with Gasteiger partial charge in [0.1, 0.15) is 12.0 Å². The van der Waals surface area contributed by atoms with Crippen LogP contribution in [-0.4, -0.2) is 12.6 Å². The van der Waals surface area contributed by atoms with E-state index in [4.69, 9.17) is 14.2 Å². The molecule has 0 unspecified atom stereocenters. The van der Waals surface area contributed by atoms with Crippen LogP contribution in [0.3, 0.4) is 0 Å². The fraction of sp³-hybridized carbons (Fsp3) is 0.444. The Bertz CT molecular complexity index is 275. The van der Waals surface area contributed by atoms with Crippen LogP contribution in [-0.2, 0) is 19.0 Å². The Morgan fingerprint density at radius 3 is 2.77 bits per heavy atom. The summed E-state index contributed by atoms with van der Waals surface area (Å²) in [7, 11) is 0. The van der Waals surface area contributed by atoms with Crippen molar-refractivity contribution in [2.45, 2.75) is 20.8 Å². The van der Waals surface area contributed by atoms with Gasteiger partial charge < -0.3 is 14.2 Å². The molecule has 1 rings (SSSR count). The molecule has 0 radical (unpaired) electrons. The number of ether oxygens (including phenoxy) is 3. The molecular weight excluding hydrogens is 172 g/mol. The van der Waals surface area contributed by atoms with E-state index in [-0.39, 0.29) is 5.76 Å². The summed E-state index contributed by atoms with van der Waals surface area (Å²) in [5.41, 5.74) is 0. The van der Waals surface area contributed by atoms with E-state index >= 15 is 0 Å². The second kappa shape index (κ2) is 3.98. The Morgan fingerprint density at radius 1 is 1.54 bits per heavy atom. The lowest BCUT2D eigenvalue weighted by molar-refractivity contribution is -0.142. The number of esters is 1. The Hall–Kier alpha value is -1.45. The van der Waals surface area contributed by atoms with Crippen LogP contribution >= 0.6 is 0 Å². The molecule has 0 atom stereocenters. The lowest BCUT2D eigenvalue weighted by atomic mass is 10.4. The highest BCUT2D eigenvalue weighted by molar-refractivity contribution is 5.87. The van der Waals surface area contributed by atoms with Gasteiger partial charge in [-0.15, -0.1) is 0 Å². The molecule has 0 amide bonds. The molecule has 1 aliphatic rings. The third-order valence-corrected chi connectivity index (χ3v) is 1.44. The maximum atomic E-state index is 11.2. The highest BCUT2D eigenvalue weighted by Gasteiger charge is 2.20. The number of carbonyl (C=O) groups excluding carboxylic acids is 1. The zero-order valence-corrected chi connectivity index (χ0v) is 7.92. The number of carbonyl (C=O) groups is 1. The molecule has 0 fully saturated rings. The van der Waals surface area contributed by atoms with E-state index in [0.717, 1.165) is 0 Å². The molecule has 0 bridgehead atoms. The fourth-order valence-corrected chi connectivity index (χ4v) is 0.925. The van der Waals surface area contributed by atoms with Crippen LogP contribution in [0.4, 0.5) is 0 Å². The fourth-order valence-electron chi connectivity index (χ4n) is 0.925. The zero-order valence-electron chi connectivity index (χ0n) is 7.92. The van der Waals surface area contributed by atoms with Crippen molar-refractivity contribution in [1.82, 2.24) is 0 Å². The van der Waals surface area contributed by atoms with Crippen LogP contribution in [0.2, 0.25) is 0 Å². The summed E-state index contributed by atoms with van der Waals surface area (Å²) in [6.07, 6.45) is 1.37. The van der Waals surface area contributed by atoms with Crippen molar-refractivity contribution >= 4 is 5.97 Å². The first kappa shape index (κ1) is 9.64. The first-order chi connectivity index (χ1) is 6.15. The van der Waals surface area contributed by atoms with Gasteiger partial charge in [-0.05, 0) is 20.8 Å². The SMILES string of the molecule is CCOC(=O)C1=C(C)OC(C)=CO1. The summed E-state index contributed by atoms with van der Waals surface area (Å²) < 4.78 is 15.0. The number of hydrogen-bond acceptors (Lipinski definition) is 4. The minimum Gasteiger partial charge on any atom is -0.460 e. The second-order valence-electron chi connectivity index (χ2n) is 2.55. The molecule has 1 aliphatic heterocycles. The predicted molar refractivity (Wildman–Crippen MR) is 45.3 cm³/mol. The topological polar surface area (TPSA) is 44.8 Å². The van der Waals surface area contributed by atoms with Crippen molar-refractivity contribution in [2.75, 3.05) is 6.61 Å². The highest BCUT2D eigenvalue weighted by atomic mass is 16.6. The van der Waals surface area contributed by atoms with Gasteiger partial charge in [-0.3, -0.25) is 0 Å². The van der Waals surface area contributed by atoms with Gasteiger partial charge in [0.05, 0.1) is 6.61 Å². The molecule has 72 valence electrons. The van der Waals surface area contributed by atoms with E-state index < -0.39 is 5.97 Å². The molecule has 0 saturated heterocycles. The third-order valence-electron chi connectivity index (χ3n) is 1.44. The first-order valence-electron chi connectivity index (χ1n) is 4.04. The quantitative estimate of drug-likeness (QED) is 0.612. The lowest BCUT2D eigenvalue weighted by Gasteiger charge is -2.15. The van der Waals surface area contributed by atoms with E-state index in [9.17, 15) is 4.79 Å². The predicted octanol–water partition coefficient (Wildman–Crippen LogP) is 1.69. The van der Waals surface area contributed by atoms with E-state index in [1.807, 2.05) is 0 Å². The summed E-state index contributed by atoms with van der Waals surface area (Å²) in [6, 6.07) is 0. The molecule has 13 heavy (non-hydrogen) atoms. The molecule has 4 nitrogen and oxygen atoms in total. The summed E-state index contributed by atoms with van der Waals surface area (Å²) in [4.78, 5) is 11.2. The van der Waals surface area contributed by atoms with Gasteiger partial charge in [0.2, 0.25) is 5.76 Å². The summed E-state index contributed by atoms with van der Waals surface area (Å²) in [6.45, 7) is 5.45. The van der Waals surface area contributed by atoms with E-state index in [2.05, 4.69) is 0 Å². The normalized spacial score (nSPS) is 15.8. The van der Waals surface area contributed by atoms with Gasteiger partial charge in [0, 0.05) is 0 Å². The summed E-state index contributed by atoms with van der Waals surface area (Å²) in [5.74, 6) is 0.667. The average molecular weight is 184 g/mol. The largest absolute Gasteiger partial charge is 0.460 e. The Kier molecular flexibility index (Phi) is 2.95. The van der Waals surface area contributed by atoms with Crippen molar-refractivity contribution in [3.8, 4) is 0 Å². The van der Waals surface area contributed by atoms with Crippen molar-refractivity contribution < 1.29 is 19.0 Å². The molecule has 0 aromatic heterocycles. The summed E-state index contributed by atoms with van der Waals surface area (Å²) in [5, 5.41) is 0. The lowest BCUT2D eigenvalue weighted by Crippen LogP contribution is -2.14. The molecule has 0 saturated carbocycles. The van der Waals surface area contributed by atoms with Crippen molar-refractivity contribution in [3.05, 3.63) is 23.5 Å². The Morgan fingerprint density at radius 2 is 2.23 bits per heavy atom. The third kappa shape index (κ3) is 2.24. The Balaban J connectivity index is 2.70. The highest BCUT2D eigenvalue weighted by Crippen LogP contribution is 2.19. The maximum Gasteiger partial charge on any atom is 0.377 e. The van der Waals surface area contributed by atoms with Gasteiger partial charge in [-0.1, -0.05) is 0 Å². The van der Waals surface area contributed by atoms with Crippen molar-refractivity contribution in [3.63, 3.8) is 0 Å². The second-order valence-corrected chi connectivity index (χ2v) is 2.55. The zero-order chi connectivity index (χ0) is 9.84. The number of hydrogen-bond donors (Lipinski definition) is 0. The van der Waals surface area contributed by atoms with Crippen molar-refractivity contribution in [1.29, 1.82) is 0 Å². The monoisotopic (exact) mass is 184 g/mol. The van der Waals surface area contributed by atoms with Gasteiger partial charge >= 0.3 is 5.97 Å². The van der Waals surface area contributed by atoms with Gasteiger partial charge in [0.15, 0.2) is 5.76 Å². The van der Waals surface area contributed by atoms with Crippen LogP contribution in [0, 0.1) is 0 Å². The van der Waals surface area contributed by atoms with E-state index in [1.54, 1.807) is 20.8 Å². The molecule has 0 N–H and O–H groups in total. The molecule has 0 aliphatic carbocycles. The number of rotatable bonds is 2. The standard InChI is InChI=1S/C9H12O4/c1-4-11-9(10)8-7(3)13-6(2)5-12-8/h5H,4H2,1-3H3. The Labute approximate surface area is 76.8 Å².